The van der Waals surface area contributed by atoms with Crippen molar-refractivity contribution in [3.63, 3.8) is 0 Å². The largest absolute Gasteiger partial charge is 0.444 e. The van der Waals surface area contributed by atoms with E-state index in [1.165, 1.54) is 0 Å². The number of nitrogens with one attached hydrogen (secondary N) is 2. The summed E-state index contributed by atoms with van der Waals surface area (Å²) in [6.07, 6.45) is 1.90. The van der Waals surface area contributed by atoms with Crippen molar-refractivity contribution in [2.45, 2.75) is 52.8 Å². The molecule has 2 N–H and O–H groups in total. The molecule has 0 unspecified atom stereocenters. The molecule has 240 valence electrons. The van der Waals surface area contributed by atoms with Gasteiger partial charge in [-0.3, -0.25) is 9.59 Å². The molecule has 1 aliphatic rings. The highest BCUT2D eigenvalue weighted by atomic mass is 16.6. The fraction of sp³-hybridized carbons (Fsp3) is 0.286. The summed E-state index contributed by atoms with van der Waals surface area (Å²) in [5.74, 6) is 0.627. The van der Waals surface area contributed by atoms with E-state index >= 15 is 0 Å². The molecule has 4 heterocycles. The van der Waals surface area contributed by atoms with Crippen LogP contribution in [0, 0.1) is 6.92 Å². The van der Waals surface area contributed by atoms with E-state index in [-0.39, 0.29) is 11.8 Å². The Morgan fingerprint density at radius 1 is 0.915 bits per heavy atom. The average Bonchev–Trinajstić information content (AvgIpc) is 3.54. The summed E-state index contributed by atoms with van der Waals surface area (Å²) in [4.78, 5) is 40.8. The standard InChI is InChI=1S/C35H36N8O4/c1-22-38-40-31(41-39-22)25-13-11-23(12-14-25)20-37-32(44)26-15-18-43-28(19-26)29(24-9-6-5-7-10-24)27-21-42(33(45)30(27)43)17-8-16-36-34(46)47-35(2,3)4/h5-7,9-15,18-19H,8,16-17,20-21H2,1-4H3,(H,36,46)(H,37,44). The van der Waals surface area contributed by atoms with Gasteiger partial charge in [-0.15, -0.1) is 20.4 Å². The van der Waals surface area contributed by atoms with E-state index < -0.39 is 11.7 Å². The number of fused-ring (bicyclic) bond motifs is 3. The molecule has 0 bridgehead atoms. The first kappa shape index (κ1) is 31.3. The molecule has 0 saturated carbocycles. The van der Waals surface area contributed by atoms with Crippen molar-refractivity contribution in [2.24, 2.45) is 0 Å². The molecule has 2 aromatic carbocycles. The lowest BCUT2D eigenvalue weighted by atomic mass is 10.0. The molecule has 5 aromatic rings. The van der Waals surface area contributed by atoms with Crippen LogP contribution in [0.4, 0.5) is 4.79 Å². The molecule has 0 aliphatic carbocycles. The summed E-state index contributed by atoms with van der Waals surface area (Å²) < 4.78 is 7.18. The fourth-order valence-electron chi connectivity index (χ4n) is 5.58. The van der Waals surface area contributed by atoms with Crippen molar-refractivity contribution < 1.29 is 19.1 Å². The van der Waals surface area contributed by atoms with Crippen molar-refractivity contribution in [1.29, 1.82) is 0 Å². The number of carbonyl (C=O) groups is 3. The Morgan fingerprint density at radius 3 is 2.34 bits per heavy atom. The Kier molecular flexibility index (Phi) is 8.66. The van der Waals surface area contributed by atoms with E-state index in [1.807, 2.05) is 85.8 Å². The number of alkyl carbamates (subject to hydrolysis) is 1. The summed E-state index contributed by atoms with van der Waals surface area (Å²) in [7, 11) is 0. The number of aryl methyl sites for hydroxylation is 1. The molecule has 1 aliphatic heterocycles. The minimum absolute atomic E-state index is 0.0855. The molecular weight excluding hydrogens is 596 g/mol. The molecular formula is C35H36N8O4. The zero-order valence-electron chi connectivity index (χ0n) is 26.8. The third-order valence-corrected chi connectivity index (χ3v) is 7.72. The Morgan fingerprint density at radius 2 is 1.64 bits per heavy atom. The Bertz CT molecular complexity index is 1930. The van der Waals surface area contributed by atoms with Gasteiger partial charge in [-0.05, 0) is 57.4 Å². The molecule has 0 atom stereocenters. The predicted molar refractivity (Wildman–Crippen MR) is 175 cm³/mol. The van der Waals surface area contributed by atoms with E-state index in [4.69, 9.17) is 4.74 Å². The van der Waals surface area contributed by atoms with Gasteiger partial charge in [0, 0.05) is 54.6 Å². The fourth-order valence-corrected chi connectivity index (χ4v) is 5.58. The van der Waals surface area contributed by atoms with E-state index in [2.05, 4.69) is 31.0 Å². The molecule has 3 aromatic heterocycles. The lowest BCUT2D eigenvalue weighted by molar-refractivity contribution is 0.0525. The SMILES string of the molecule is Cc1nnc(-c2ccc(CNC(=O)c3ccn4c5c(c(-c6ccccc6)c4c3)CN(CCCNC(=O)OC(C)(C)C)C5=O)cc2)nn1. The van der Waals surface area contributed by atoms with Crippen LogP contribution in [0.5, 0.6) is 0 Å². The quantitative estimate of drug-likeness (QED) is 0.217. The maximum atomic E-state index is 13.7. The third kappa shape index (κ3) is 6.96. The van der Waals surface area contributed by atoms with Gasteiger partial charge in [0.1, 0.15) is 11.3 Å². The predicted octanol–water partition coefficient (Wildman–Crippen LogP) is 4.96. The smallest absolute Gasteiger partial charge is 0.407 e. The minimum Gasteiger partial charge on any atom is -0.444 e. The van der Waals surface area contributed by atoms with Crippen LogP contribution in [0.3, 0.4) is 0 Å². The molecule has 0 spiro atoms. The normalized spacial score (nSPS) is 12.7. The molecule has 0 fully saturated rings. The van der Waals surface area contributed by atoms with Crippen molar-refractivity contribution in [2.75, 3.05) is 13.1 Å². The van der Waals surface area contributed by atoms with Crippen molar-refractivity contribution in [1.82, 2.24) is 40.3 Å². The van der Waals surface area contributed by atoms with Gasteiger partial charge in [-0.1, -0.05) is 54.6 Å². The van der Waals surface area contributed by atoms with Crippen LogP contribution >= 0.6 is 0 Å². The number of hydrogen-bond acceptors (Lipinski definition) is 8. The topological polar surface area (TPSA) is 144 Å². The van der Waals surface area contributed by atoms with Crippen LogP contribution in [-0.2, 0) is 17.8 Å². The first-order valence-electron chi connectivity index (χ1n) is 15.5. The average molecular weight is 633 g/mol. The van der Waals surface area contributed by atoms with Gasteiger partial charge >= 0.3 is 6.09 Å². The van der Waals surface area contributed by atoms with Crippen LogP contribution in [0.15, 0.2) is 72.9 Å². The zero-order valence-corrected chi connectivity index (χ0v) is 26.8. The first-order valence-corrected chi connectivity index (χ1v) is 15.5. The second-order valence-electron chi connectivity index (χ2n) is 12.4. The number of carbonyl (C=O) groups excluding carboxylic acids is 3. The third-order valence-electron chi connectivity index (χ3n) is 7.72. The second kappa shape index (κ2) is 13.0. The molecule has 3 amide bonds. The monoisotopic (exact) mass is 632 g/mol. The van der Waals surface area contributed by atoms with Gasteiger partial charge in [0.05, 0.1) is 5.52 Å². The number of benzene rings is 2. The minimum atomic E-state index is -0.574. The summed E-state index contributed by atoms with van der Waals surface area (Å²) in [5.41, 5.74) is 5.80. The Hall–Kier alpha value is -5.65. The molecule has 0 saturated heterocycles. The summed E-state index contributed by atoms with van der Waals surface area (Å²) in [5, 5.41) is 21.8. The van der Waals surface area contributed by atoms with Crippen LogP contribution in [-0.4, -0.2) is 66.3 Å². The van der Waals surface area contributed by atoms with Gasteiger partial charge in [-0.2, -0.15) is 0 Å². The van der Waals surface area contributed by atoms with E-state index in [9.17, 15) is 14.4 Å². The van der Waals surface area contributed by atoms with Crippen molar-refractivity contribution >= 4 is 23.4 Å². The highest BCUT2D eigenvalue weighted by molar-refractivity contribution is 6.05. The molecule has 47 heavy (non-hydrogen) atoms. The highest BCUT2D eigenvalue weighted by Crippen LogP contribution is 2.38. The van der Waals surface area contributed by atoms with Crippen LogP contribution in [0.2, 0.25) is 0 Å². The number of rotatable bonds is 9. The Labute approximate surface area is 272 Å². The highest BCUT2D eigenvalue weighted by Gasteiger charge is 2.34. The number of nitrogens with zero attached hydrogens (tertiary/aromatic N) is 6. The number of ether oxygens (including phenoxy) is 1. The maximum Gasteiger partial charge on any atom is 0.407 e. The molecule has 12 heteroatoms. The van der Waals surface area contributed by atoms with Crippen molar-refractivity contribution in [3.05, 3.63) is 101 Å². The Balaban J connectivity index is 1.17. The van der Waals surface area contributed by atoms with E-state index in [0.29, 0.717) is 55.5 Å². The van der Waals surface area contributed by atoms with Gasteiger partial charge in [0.2, 0.25) is 5.82 Å². The molecule has 0 radical (unpaired) electrons. The number of hydrogen-bond donors (Lipinski definition) is 2. The van der Waals surface area contributed by atoms with E-state index in [0.717, 1.165) is 33.3 Å². The summed E-state index contributed by atoms with van der Waals surface area (Å²) in [6.45, 7) is 8.80. The number of amides is 3. The number of aromatic nitrogens is 5. The van der Waals surface area contributed by atoms with Gasteiger partial charge in [-0.25, -0.2) is 4.79 Å². The summed E-state index contributed by atoms with van der Waals surface area (Å²) in [6, 6.07) is 21.0. The first-order chi connectivity index (χ1) is 22.6. The van der Waals surface area contributed by atoms with Crippen LogP contribution in [0.1, 0.15) is 65.0 Å². The van der Waals surface area contributed by atoms with Crippen molar-refractivity contribution in [3.8, 4) is 22.5 Å². The lowest BCUT2D eigenvalue weighted by Crippen LogP contribution is -2.34. The van der Waals surface area contributed by atoms with Crippen LogP contribution in [0.25, 0.3) is 28.0 Å². The lowest BCUT2D eigenvalue weighted by Gasteiger charge is -2.20. The molecule has 6 rings (SSSR count). The summed E-state index contributed by atoms with van der Waals surface area (Å²) >= 11 is 0. The van der Waals surface area contributed by atoms with Gasteiger partial charge in [0.15, 0.2) is 5.82 Å². The maximum absolute atomic E-state index is 13.7. The second-order valence-corrected chi connectivity index (χ2v) is 12.4. The zero-order chi connectivity index (χ0) is 33.1. The van der Waals surface area contributed by atoms with E-state index in [1.54, 1.807) is 24.1 Å². The van der Waals surface area contributed by atoms with Gasteiger partial charge in [0.25, 0.3) is 11.8 Å². The number of pyridine rings is 1. The molecule has 12 nitrogen and oxygen atoms in total. The van der Waals surface area contributed by atoms with Gasteiger partial charge < -0.3 is 24.7 Å². The van der Waals surface area contributed by atoms with Crippen LogP contribution < -0.4 is 10.6 Å².